The van der Waals surface area contributed by atoms with Gasteiger partial charge < -0.3 is 10.6 Å². The molecule has 2 N–H and O–H groups in total. The second-order valence-corrected chi connectivity index (χ2v) is 4.30. The predicted molar refractivity (Wildman–Crippen MR) is 64.6 cm³/mol. The third kappa shape index (κ3) is 2.73. The summed E-state index contributed by atoms with van der Waals surface area (Å²) in [4.78, 5) is 13.3. The van der Waals surface area contributed by atoms with Crippen molar-refractivity contribution in [2.75, 3.05) is 13.1 Å². The van der Waals surface area contributed by atoms with Crippen LogP contribution >= 0.6 is 0 Å². The molecular weight excluding hydrogens is 238 g/mol. The highest BCUT2D eigenvalue weighted by Gasteiger charge is 2.21. The molecule has 0 aromatic heterocycles. The first kappa shape index (κ1) is 12.7. The van der Waals surface area contributed by atoms with Gasteiger partial charge in [0.05, 0.1) is 0 Å². The summed E-state index contributed by atoms with van der Waals surface area (Å²) in [7, 11) is 0. The average Bonchev–Trinajstić information content (AvgIpc) is 2.75. The Morgan fingerprint density at radius 3 is 2.61 bits per heavy atom. The number of likely N-dealkylation sites (tertiary alicyclic amines) is 1. The van der Waals surface area contributed by atoms with Crippen molar-refractivity contribution in [1.82, 2.24) is 4.90 Å². The Hall–Kier alpha value is -1.75. The third-order valence-electron chi connectivity index (χ3n) is 2.93. The first-order valence-corrected chi connectivity index (χ1v) is 5.74. The molecule has 0 saturated carbocycles. The van der Waals surface area contributed by atoms with Gasteiger partial charge in [-0.2, -0.15) is 0 Å². The van der Waals surface area contributed by atoms with Crippen molar-refractivity contribution < 1.29 is 13.6 Å². The minimum atomic E-state index is -0.683. The first-order chi connectivity index (χ1) is 8.58. The Morgan fingerprint density at radius 2 is 2.06 bits per heavy atom. The maximum Gasteiger partial charge on any atom is 0.246 e. The van der Waals surface area contributed by atoms with Crippen molar-refractivity contribution in [3.8, 4) is 0 Å². The lowest BCUT2D eigenvalue weighted by molar-refractivity contribution is -0.124. The van der Waals surface area contributed by atoms with Crippen molar-refractivity contribution >= 4 is 12.0 Å². The highest BCUT2D eigenvalue weighted by molar-refractivity contribution is 5.92. The standard InChI is InChI=1S/C13H14F2N2O/c14-11-2-1-3-12(15)10(11)4-5-13(18)17-7-6-9(16)8-17/h1-5,9H,6-8,16H2/b5-4+/t9-/m0/s1. The van der Waals surface area contributed by atoms with Gasteiger partial charge in [-0.05, 0) is 24.6 Å². The van der Waals surface area contributed by atoms with Crippen LogP contribution in [0.15, 0.2) is 24.3 Å². The quantitative estimate of drug-likeness (QED) is 0.811. The molecule has 1 heterocycles. The van der Waals surface area contributed by atoms with E-state index in [0.717, 1.165) is 24.6 Å². The van der Waals surface area contributed by atoms with Crippen LogP contribution in [-0.2, 0) is 4.79 Å². The first-order valence-electron chi connectivity index (χ1n) is 5.74. The summed E-state index contributed by atoms with van der Waals surface area (Å²) in [5, 5.41) is 0. The van der Waals surface area contributed by atoms with Crippen LogP contribution in [0.1, 0.15) is 12.0 Å². The van der Waals surface area contributed by atoms with Crippen molar-refractivity contribution in [3.05, 3.63) is 41.5 Å². The number of benzene rings is 1. The van der Waals surface area contributed by atoms with Crippen molar-refractivity contribution in [3.63, 3.8) is 0 Å². The second-order valence-electron chi connectivity index (χ2n) is 4.30. The maximum absolute atomic E-state index is 13.3. The molecule has 0 spiro atoms. The van der Waals surface area contributed by atoms with Crippen molar-refractivity contribution in [2.45, 2.75) is 12.5 Å². The zero-order chi connectivity index (χ0) is 13.1. The van der Waals surface area contributed by atoms with Gasteiger partial charge in [0, 0.05) is 30.8 Å². The van der Waals surface area contributed by atoms with Crippen LogP contribution in [-0.4, -0.2) is 29.9 Å². The summed E-state index contributed by atoms with van der Waals surface area (Å²) in [6.45, 7) is 1.08. The molecule has 1 atom stereocenters. The molecule has 1 aliphatic rings. The summed E-state index contributed by atoms with van der Waals surface area (Å²) in [5.41, 5.74) is 5.48. The molecule has 1 saturated heterocycles. The summed E-state index contributed by atoms with van der Waals surface area (Å²) in [5.74, 6) is -1.64. The van der Waals surface area contributed by atoms with E-state index >= 15 is 0 Å². The zero-order valence-corrected chi connectivity index (χ0v) is 9.77. The molecule has 1 amide bonds. The minimum absolute atomic E-state index is 0.00690. The van der Waals surface area contributed by atoms with E-state index in [0.29, 0.717) is 13.1 Å². The number of amides is 1. The summed E-state index contributed by atoms with van der Waals surface area (Å²) >= 11 is 0. The number of hydrogen-bond donors (Lipinski definition) is 1. The molecule has 5 heteroatoms. The molecule has 1 aliphatic heterocycles. The fourth-order valence-electron chi connectivity index (χ4n) is 1.92. The topological polar surface area (TPSA) is 46.3 Å². The number of carbonyl (C=O) groups is 1. The Balaban J connectivity index is 2.09. The van der Waals surface area contributed by atoms with Gasteiger partial charge in [0.2, 0.25) is 5.91 Å². The molecule has 0 radical (unpaired) electrons. The normalized spacial score (nSPS) is 19.7. The van der Waals surface area contributed by atoms with E-state index in [-0.39, 0.29) is 17.5 Å². The van der Waals surface area contributed by atoms with E-state index in [1.54, 1.807) is 4.90 Å². The number of rotatable bonds is 2. The molecule has 0 unspecified atom stereocenters. The molecule has 1 aromatic rings. The van der Waals surface area contributed by atoms with Crippen LogP contribution in [0.25, 0.3) is 6.08 Å². The predicted octanol–water partition coefficient (Wildman–Crippen LogP) is 1.54. The molecule has 0 bridgehead atoms. The van der Waals surface area contributed by atoms with Crippen LogP contribution in [0, 0.1) is 11.6 Å². The molecular formula is C13H14F2N2O. The summed E-state index contributed by atoms with van der Waals surface area (Å²) in [6, 6.07) is 3.58. The number of nitrogens with two attached hydrogens (primary N) is 1. The molecule has 18 heavy (non-hydrogen) atoms. The van der Waals surface area contributed by atoms with Gasteiger partial charge >= 0.3 is 0 Å². The van der Waals surface area contributed by atoms with Gasteiger partial charge in [-0.3, -0.25) is 4.79 Å². The summed E-state index contributed by atoms with van der Waals surface area (Å²) in [6.07, 6.45) is 3.10. The van der Waals surface area contributed by atoms with Gasteiger partial charge in [0.1, 0.15) is 11.6 Å². The largest absolute Gasteiger partial charge is 0.338 e. The maximum atomic E-state index is 13.3. The van der Waals surface area contributed by atoms with Crippen LogP contribution in [0.2, 0.25) is 0 Å². The fraction of sp³-hybridized carbons (Fsp3) is 0.308. The van der Waals surface area contributed by atoms with E-state index in [9.17, 15) is 13.6 Å². The van der Waals surface area contributed by atoms with Crippen LogP contribution in [0.3, 0.4) is 0 Å². The lowest BCUT2D eigenvalue weighted by Gasteiger charge is -2.12. The Labute approximate surface area is 104 Å². The fourth-order valence-corrected chi connectivity index (χ4v) is 1.92. The number of nitrogens with zero attached hydrogens (tertiary/aromatic N) is 1. The highest BCUT2D eigenvalue weighted by atomic mass is 19.1. The van der Waals surface area contributed by atoms with E-state index in [1.165, 1.54) is 12.1 Å². The summed E-state index contributed by atoms with van der Waals surface area (Å²) < 4.78 is 26.6. The average molecular weight is 252 g/mol. The van der Waals surface area contributed by atoms with Crippen LogP contribution in [0.4, 0.5) is 8.78 Å². The van der Waals surface area contributed by atoms with Crippen LogP contribution < -0.4 is 5.73 Å². The second kappa shape index (κ2) is 5.27. The lowest BCUT2D eigenvalue weighted by atomic mass is 10.2. The van der Waals surface area contributed by atoms with Gasteiger partial charge in [-0.1, -0.05) is 6.07 Å². The van der Waals surface area contributed by atoms with Gasteiger partial charge in [-0.15, -0.1) is 0 Å². The molecule has 96 valence electrons. The Kier molecular flexibility index (Phi) is 3.72. The zero-order valence-electron chi connectivity index (χ0n) is 9.77. The number of hydrogen-bond acceptors (Lipinski definition) is 2. The van der Waals surface area contributed by atoms with E-state index < -0.39 is 11.6 Å². The molecule has 1 aromatic carbocycles. The van der Waals surface area contributed by atoms with E-state index in [1.807, 2.05) is 0 Å². The molecule has 2 rings (SSSR count). The van der Waals surface area contributed by atoms with Gasteiger partial charge in [0.15, 0.2) is 0 Å². The Bertz CT molecular complexity index is 468. The van der Waals surface area contributed by atoms with E-state index in [2.05, 4.69) is 0 Å². The lowest BCUT2D eigenvalue weighted by Crippen LogP contribution is -2.30. The molecule has 3 nitrogen and oxygen atoms in total. The Morgan fingerprint density at radius 1 is 1.39 bits per heavy atom. The number of halogens is 2. The smallest absolute Gasteiger partial charge is 0.246 e. The molecule has 1 fully saturated rings. The monoisotopic (exact) mass is 252 g/mol. The van der Waals surface area contributed by atoms with Crippen molar-refractivity contribution in [2.24, 2.45) is 5.73 Å². The third-order valence-corrected chi connectivity index (χ3v) is 2.93. The van der Waals surface area contributed by atoms with Crippen LogP contribution in [0.5, 0.6) is 0 Å². The highest BCUT2D eigenvalue weighted by Crippen LogP contribution is 2.14. The minimum Gasteiger partial charge on any atom is -0.338 e. The van der Waals surface area contributed by atoms with E-state index in [4.69, 9.17) is 5.73 Å². The van der Waals surface area contributed by atoms with Crippen molar-refractivity contribution in [1.29, 1.82) is 0 Å². The number of carbonyl (C=O) groups excluding carboxylic acids is 1. The molecule has 0 aliphatic carbocycles. The SMILES string of the molecule is N[C@H]1CCN(C(=O)/C=C/c2c(F)cccc2F)C1. The van der Waals surface area contributed by atoms with Gasteiger partial charge in [-0.25, -0.2) is 8.78 Å². The van der Waals surface area contributed by atoms with Gasteiger partial charge in [0.25, 0.3) is 0 Å².